The van der Waals surface area contributed by atoms with E-state index in [2.05, 4.69) is 0 Å². The Morgan fingerprint density at radius 1 is 1.40 bits per heavy atom. The van der Waals surface area contributed by atoms with Crippen molar-refractivity contribution in [3.63, 3.8) is 0 Å². The maximum atomic E-state index is 13.5. The molecule has 7 heteroatoms. The van der Waals surface area contributed by atoms with Crippen LogP contribution in [-0.4, -0.2) is 15.6 Å². The van der Waals surface area contributed by atoms with E-state index in [0.29, 0.717) is 0 Å². The van der Waals surface area contributed by atoms with Crippen molar-refractivity contribution in [2.75, 3.05) is 5.73 Å². The summed E-state index contributed by atoms with van der Waals surface area (Å²) < 4.78 is 28.3. The van der Waals surface area contributed by atoms with Crippen molar-refractivity contribution in [1.29, 1.82) is 0 Å². The van der Waals surface area contributed by atoms with Gasteiger partial charge in [0.15, 0.2) is 11.6 Å². The maximum absolute atomic E-state index is 13.5. The van der Waals surface area contributed by atoms with Gasteiger partial charge in [-0.25, -0.2) is 13.6 Å². The van der Waals surface area contributed by atoms with Crippen LogP contribution in [-0.2, 0) is 0 Å². The molecule has 0 aliphatic heterocycles. The number of aromatic carboxylic acids is 1. The van der Waals surface area contributed by atoms with Crippen molar-refractivity contribution in [1.82, 2.24) is 4.57 Å². The van der Waals surface area contributed by atoms with Gasteiger partial charge >= 0.3 is 5.97 Å². The molecule has 1 aromatic heterocycles. The van der Waals surface area contributed by atoms with Crippen LogP contribution >= 0.6 is 0 Å². The second kappa shape index (κ2) is 4.59. The van der Waals surface area contributed by atoms with Gasteiger partial charge in [-0.2, -0.15) is 0 Å². The zero-order valence-electron chi connectivity index (χ0n) is 10.8. The standard InChI is InChI=1S/C13H12F2N2O3/c1-5(2)17-4-6(13(19)20)12(18)9-8(17)3-7(14)10(15)11(9)16/h3-5H,16H2,1-2H3,(H,19,20). The Kier molecular flexibility index (Phi) is 3.21. The monoisotopic (exact) mass is 282 g/mol. The number of pyridine rings is 1. The van der Waals surface area contributed by atoms with Gasteiger partial charge in [0, 0.05) is 18.3 Å². The van der Waals surface area contributed by atoms with E-state index in [9.17, 15) is 18.4 Å². The van der Waals surface area contributed by atoms with E-state index in [1.807, 2.05) is 0 Å². The van der Waals surface area contributed by atoms with Crippen molar-refractivity contribution < 1.29 is 18.7 Å². The molecular formula is C13H12F2N2O3. The minimum atomic E-state index is -1.45. The van der Waals surface area contributed by atoms with Gasteiger partial charge in [0.1, 0.15) is 5.56 Å². The Morgan fingerprint density at radius 2 is 2.00 bits per heavy atom. The normalized spacial score (nSPS) is 11.2. The molecular weight excluding hydrogens is 270 g/mol. The van der Waals surface area contributed by atoms with Gasteiger partial charge in [-0.15, -0.1) is 0 Å². The maximum Gasteiger partial charge on any atom is 0.341 e. The molecule has 0 aliphatic carbocycles. The van der Waals surface area contributed by atoms with Crippen LogP contribution in [0.25, 0.3) is 10.9 Å². The molecule has 0 saturated heterocycles. The summed E-state index contributed by atoms with van der Waals surface area (Å²) in [6.45, 7) is 3.43. The molecule has 0 atom stereocenters. The fraction of sp³-hybridized carbons (Fsp3) is 0.231. The summed E-state index contributed by atoms with van der Waals surface area (Å²) in [4.78, 5) is 23.1. The predicted octanol–water partition coefficient (Wildman–Crippen LogP) is 2.14. The van der Waals surface area contributed by atoms with Crippen LogP contribution < -0.4 is 11.2 Å². The number of carbonyl (C=O) groups is 1. The highest BCUT2D eigenvalue weighted by Gasteiger charge is 2.21. The third kappa shape index (κ3) is 1.91. The van der Waals surface area contributed by atoms with Gasteiger partial charge in [-0.1, -0.05) is 0 Å². The fourth-order valence-corrected chi connectivity index (χ4v) is 2.06. The van der Waals surface area contributed by atoms with E-state index in [4.69, 9.17) is 10.8 Å². The summed E-state index contributed by atoms with van der Waals surface area (Å²) in [6, 6.07) is 0.578. The number of halogens is 2. The number of fused-ring (bicyclic) bond motifs is 1. The van der Waals surface area contributed by atoms with Gasteiger partial charge in [0.05, 0.1) is 16.6 Å². The molecule has 106 valence electrons. The Morgan fingerprint density at radius 3 is 2.50 bits per heavy atom. The minimum Gasteiger partial charge on any atom is -0.477 e. The van der Waals surface area contributed by atoms with Crippen LogP contribution in [0.15, 0.2) is 17.1 Å². The smallest absolute Gasteiger partial charge is 0.341 e. The number of nitrogens with zero attached hydrogens (tertiary/aromatic N) is 1. The van der Waals surface area contributed by atoms with Crippen molar-refractivity contribution in [3.8, 4) is 0 Å². The summed E-state index contributed by atoms with van der Waals surface area (Å²) in [7, 11) is 0. The molecule has 5 nitrogen and oxygen atoms in total. The topological polar surface area (TPSA) is 85.3 Å². The Labute approximate surface area is 112 Å². The number of nitrogens with two attached hydrogens (primary N) is 1. The average Bonchev–Trinajstić information content (AvgIpc) is 2.35. The number of nitrogen functional groups attached to an aromatic ring is 1. The highest BCUT2D eigenvalue weighted by atomic mass is 19.2. The summed E-state index contributed by atoms with van der Waals surface area (Å²) in [5.41, 5.74) is 3.35. The molecule has 0 bridgehead atoms. The number of anilines is 1. The zero-order valence-corrected chi connectivity index (χ0v) is 10.8. The molecule has 2 aromatic rings. The quantitative estimate of drug-likeness (QED) is 0.826. The number of aromatic nitrogens is 1. The Bertz CT molecular complexity index is 782. The SMILES string of the molecule is CC(C)n1cc(C(=O)O)c(=O)c2c(N)c(F)c(F)cc21. The molecule has 0 fully saturated rings. The average molecular weight is 282 g/mol. The number of benzene rings is 1. The van der Waals surface area contributed by atoms with Crippen molar-refractivity contribution in [2.45, 2.75) is 19.9 Å². The van der Waals surface area contributed by atoms with E-state index >= 15 is 0 Å². The first kappa shape index (κ1) is 14.0. The lowest BCUT2D eigenvalue weighted by Crippen LogP contribution is -2.21. The number of rotatable bonds is 2. The van der Waals surface area contributed by atoms with Crippen LogP contribution in [0.2, 0.25) is 0 Å². The first-order chi connectivity index (χ1) is 9.25. The lowest BCUT2D eigenvalue weighted by atomic mass is 10.1. The molecule has 3 N–H and O–H groups in total. The zero-order chi connectivity index (χ0) is 15.2. The third-order valence-corrected chi connectivity index (χ3v) is 3.04. The van der Waals surface area contributed by atoms with Gasteiger partial charge < -0.3 is 15.4 Å². The second-order valence-electron chi connectivity index (χ2n) is 4.66. The highest BCUT2D eigenvalue weighted by Crippen LogP contribution is 2.26. The van der Waals surface area contributed by atoms with Crippen LogP contribution in [0.4, 0.5) is 14.5 Å². The van der Waals surface area contributed by atoms with Gasteiger partial charge in [0.25, 0.3) is 0 Å². The van der Waals surface area contributed by atoms with Gasteiger partial charge in [0.2, 0.25) is 5.43 Å². The first-order valence-electron chi connectivity index (χ1n) is 5.81. The Balaban J connectivity index is 3.11. The molecule has 0 unspecified atom stereocenters. The number of hydrogen-bond donors (Lipinski definition) is 2. The predicted molar refractivity (Wildman–Crippen MR) is 69.9 cm³/mol. The minimum absolute atomic E-state index is 0.0615. The van der Waals surface area contributed by atoms with Crippen LogP contribution in [0.5, 0.6) is 0 Å². The number of hydrogen-bond acceptors (Lipinski definition) is 3. The van der Waals surface area contributed by atoms with E-state index in [1.54, 1.807) is 13.8 Å². The number of carboxylic acids is 1. The first-order valence-corrected chi connectivity index (χ1v) is 5.81. The lowest BCUT2D eigenvalue weighted by molar-refractivity contribution is 0.0695. The molecule has 1 heterocycles. The van der Waals surface area contributed by atoms with E-state index < -0.39 is 34.3 Å². The van der Waals surface area contributed by atoms with Crippen LogP contribution in [0, 0.1) is 11.6 Å². The van der Waals surface area contributed by atoms with Crippen molar-refractivity contribution in [2.24, 2.45) is 0 Å². The summed E-state index contributed by atoms with van der Waals surface area (Å²) in [5.74, 6) is -3.99. The third-order valence-electron chi connectivity index (χ3n) is 3.04. The molecule has 1 aromatic carbocycles. The molecule has 20 heavy (non-hydrogen) atoms. The Hall–Kier alpha value is -2.44. The highest BCUT2D eigenvalue weighted by molar-refractivity contribution is 5.97. The van der Waals surface area contributed by atoms with Crippen molar-refractivity contribution >= 4 is 22.6 Å². The van der Waals surface area contributed by atoms with E-state index in [-0.39, 0.29) is 16.9 Å². The molecule has 0 radical (unpaired) electrons. The largest absolute Gasteiger partial charge is 0.477 e. The molecule has 0 amide bonds. The molecule has 2 rings (SSSR count). The van der Waals surface area contributed by atoms with Gasteiger partial charge in [-0.05, 0) is 13.8 Å². The lowest BCUT2D eigenvalue weighted by Gasteiger charge is -2.17. The summed E-state index contributed by atoms with van der Waals surface area (Å²) >= 11 is 0. The number of carboxylic acid groups (broad SMARTS) is 1. The van der Waals surface area contributed by atoms with E-state index in [1.165, 1.54) is 4.57 Å². The second-order valence-corrected chi connectivity index (χ2v) is 4.66. The van der Waals surface area contributed by atoms with Crippen LogP contribution in [0.1, 0.15) is 30.2 Å². The summed E-state index contributed by atoms with van der Waals surface area (Å²) in [6.07, 6.45) is 1.11. The van der Waals surface area contributed by atoms with Gasteiger partial charge in [-0.3, -0.25) is 4.79 Å². The van der Waals surface area contributed by atoms with Crippen molar-refractivity contribution in [3.05, 3.63) is 39.7 Å². The van der Waals surface area contributed by atoms with Crippen LogP contribution in [0.3, 0.4) is 0 Å². The summed E-state index contributed by atoms with van der Waals surface area (Å²) in [5, 5.41) is 8.70. The van der Waals surface area contributed by atoms with E-state index in [0.717, 1.165) is 12.3 Å². The fourth-order valence-electron chi connectivity index (χ4n) is 2.06. The molecule has 0 aliphatic rings. The molecule has 0 saturated carbocycles. The molecule has 0 spiro atoms.